The van der Waals surface area contributed by atoms with Gasteiger partial charge in [0.15, 0.2) is 10.8 Å². The average molecular weight is 296 g/mol. The third-order valence-electron chi connectivity index (χ3n) is 3.27. The second-order valence-electron chi connectivity index (χ2n) is 4.55. The van der Waals surface area contributed by atoms with Crippen molar-refractivity contribution in [2.24, 2.45) is 0 Å². The largest absolute Gasteiger partial charge is 0.433 e. The van der Waals surface area contributed by atoms with E-state index in [0.29, 0.717) is 10.8 Å². The lowest BCUT2D eigenvalue weighted by Gasteiger charge is -1.96. The summed E-state index contributed by atoms with van der Waals surface area (Å²) in [7, 11) is 0. The van der Waals surface area contributed by atoms with Crippen LogP contribution in [0.25, 0.3) is 31.8 Å². The molecule has 4 aromatic rings. The molecule has 0 spiro atoms. The van der Waals surface area contributed by atoms with Gasteiger partial charge in [0.05, 0.1) is 16.3 Å². The Kier molecular flexibility index (Phi) is 2.52. The molecule has 0 aliphatic heterocycles. The Balaban J connectivity index is 1.93. The van der Waals surface area contributed by atoms with Crippen molar-refractivity contribution in [3.05, 3.63) is 58.6 Å². The van der Waals surface area contributed by atoms with Crippen molar-refractivity contribution >= 4 is 38.2 Å². The molecule has 4 rings (SSSR count). The maximum atomic E-state index is 10.7. The van der Waals surface area contributed by atoms with Crippen molar-refractivity contribution in [3.63, 3.8) is 0 Å². The Bertz CT molecular complexity index is 987. The van der Waals surface area contributed by atoms with Crippen LogP contribution in [-0.2, 0) is 0 Å². The number of hydrogen-bond donors (Lipinski definition) is 0. The van der Waals surface area contributed by atoms with Crippen LogP contribution in [0.2, 0.25) is 0 Å². The molecule has 0 bridgehead atoms. The Morgan fingerprint density at radius 1 is 1.10 bits per heavy atom. The molecule has 0 amide bonds. The third kappa shape index (κ3) is 1.88. The minimum absolute atomic E-state index is 0.269. The highest BCUT2D eigenvalue weighted by Crippen LogP contribution is 2.35. The van der Waals surface area contributed by atoms with E-state index in [-0.39, 0.29) is 5.88 Å². The summed E-state index contributed by atoms with van der Waals surface area (Å²) in [5.74, 6) is 0.154. The lowest BCUT2D eigenvalue weighted by molar-refractivity contribution is -0.401. The summed E-state index contributed by atoms with van der Waals surface area (Å²) in [5.41, 5.74) is 0.896. The second-order valence-corrected chi connectivity index (χ2v) is 5.58. The highest BCUT2D eigenvalue weighted by molar-refractivity contribution is 7.21. The van der Waals surface area contributed by atoms with Gasteiger partial charge < -0.3 is 4.42 Å². The summed E-state index contributed by atoms with van der Waals surface area (Å²) < 4.78 is 6.25. The van der Waals surface area contributed by atoms with Crippen LogP contribution in [0.4, 0.5) is 5.88 Å². The number of benzene rings is 2. The summed E-state index contributed by atoms with van der Waals surface area (Å²) in [6, 6.07) is 15.0. The molecule has 21 heavy (non-hydrogen) atoms. The van der Waals surface area contributed by atoms with E-state index < -0.39 is 4.92 Å². The van der Waals surface area contributed by atoms with Gasteiger partial charge in [0, 0.05) is 5.39 Å². The smallest absolute Gasteiger partial charge is 0.398 e. The summed E-state index contributed by atoms with van der Waals surface area (Å²) in [6.07, 6.45) is 0. The van der Waals surface area contributed by atoms with Crippen LogP contribution in [-0.4, -0.2) is 9.91 Å². The van der Waals surface area contributed by atoms with Crippen LogP contribution in [0, 0.1) is 10.1 Å². The predicted octanol–water partition coefficient (Wildman–Crippen LogP) is 4.62. The minimum Gasteiger partial charge on any atom is -0.398 e. The van der Waals surface area contributed by atoms with E-state index in [0.717, 1.165) is 21.0 Å². The Morgan fingerprint density at radius 2 is 1.95 bits per heavy atom. The standard InChI is InChI=1S/C15H8N2O3S/c18-17(19)13-8-6-11(20-13)15-16-14-10-4-2-1-3-9(10)5-7-12(14)21-15/h1-8H. The topological polar surface area (TPSA) is 69.2 Å². The molecule has 0 fully saturated rings. The van der Waals surface area contributed by atoms with Crippen molar-refractivity contribution in [1.82, 2.24) is 4.98 Å². The van der Waals surface area contributed by atoms with E-state index >= 15 is 0 Å². The third-order valence-corrected chi connectivity index (χ3v) is 4.30. The molecular weight excluding hydrogens is 288 g/mol. The molecule has 2 heterocycles. The van der Waals surface area contributed by atoms with Crippen LogP contribution in [0.3, 0.4) is 0 Å². The molecular formula is C15H8N2O3S. The molecule has 0 unspecified atom stereocenters. The SMILES string of the molecule is O=[N+]([O-])c1ccc(-c2nc3c(ccc4ccccc43)s2)o1. The quantitative estimate of drug-likeness (QED) is 0.400. The maximum absolute atomic E-state index is 10.7. The molecule has 0 N–H and O–H groups in total. The second kappa shape index (κ2) is 4.39. The number of aromatic nitrogens is 1. The normalized spacial score (nSPS) is 11.2. The monoisotopic (exact) mass is 296 g/mol. The molecule has 0 saturated heterocycles. The lowest BCUT2D eigenvalue weighted by Crippen LogP contribution is -1.82. The number of nitrogens with zero attached hydrogens (tertiary/aromatic N) is 2. The highest BCUT2D eigenvalue weighted by atomic mass is 32.1. The molecule has 2 aromatic carbocycles. The summed E-state index contributed by atoms with van der Waals surface area (Å²) >= 11 is 1.46. The van der Waals surface area contributed by atoms with Gasteiger partial charge in [0.25, 0.3) is 0 Å². The Labute approximate surface area is 122 Å². The number of thiazole rings is 1. The number of hydrogen-bond acceptors (Lipinski definition) is 5. The van der Waals surface area contributed by atoms with Crippen molar-refractivity contribution in [2.45, 2.75) is 0 Å². The summed E-state index contributed by atoms with van der Waals surface area (Å²) in [5, 5.41) is 13.5. The molecule has 0 aliphatic carbocycles. The summed E-state index contributed by atoms with van der Waals surface area (Å²) in [6.45, 7) is 0. The van der Waals surface area contributed by atoms with Gasteiger partial charge in [-0.2, -0.15) is 0 Å². The van der Waals surface area contributed by atoms with Crippen molar-refractivity contribution < 1.29 is 9.34 Å². The molecule has 102 valence electrons. The van der Waals surface area contributed by atoms with E-state index in [1.165, 1.54) is 17.4 Å². The lowest BCUT2D eigenvalue weighted by atomic mass is 10.1. The van der Waals surface area contributed by atoms with Crippen molar-refractivity contribution in [3.8, 4) is 10.8 Å². The van der Waals surface area contributed by atoms with Crippen LogP contribution in [0.1, 0.15) is 0 Å². The van der Waals surface area contributed by atoms with E-state index in [1.54, 1.807) is 6.07 Å². The number of nitro groups is 1. The molecule has 5 nitrogen and oxygen atoms in total. The molecule has 0 saturated carbocycles. The zero-order valence-corrected chi connectivity index (χ0v) is 11.5. The first kappa shape index (κ1) is 12.0. The molecule has 6 heteroatoms. The number of rotatable bonds is 2. The Morgan fingerprint density at radius 3 is 2.76 bits per heavy atom. The van der Waals surface area contributed by atoms with Crippen LogP contribution in [0.15, 0.2) is 52.9 Å². The first-order valence-corrected chi connectivity index (χ1v) is 7.07. The number of fused-ring (bicyclic) bond motifs is 3. The average Bonchev–Trinajstić information content (AvgIpc) is 3.13. The first-order valence-electron chi connectivity index (χ1n) is 6.25. The summed E-state index contributed by atoms with van der Waals surface area (Å²) in [4.78, 5) is 14.7. The zero-order valence-electron chi connectivity index (χ0n) is 10.6. The fourth-order valence-corrected chi connectivity index (χ4v) is 3.25. The van der Waals surface area contributed by atoms with E-state index in [1.807, 2.05) is 36.4 Å². The molecule has 2 aromatic heterocycles. The van der Waals surface area contributed by atoms with Crippen LogP contribution >= 0.6 is 11.3 Å². The number of furan rings is 1. The molecule has 0 radical (unpaired) electrons. The van der Waals surface area contributed by atoms with Gasteiger partial charge in [-0.3, -0.25) is 10.1 Å². The first-order chi connectivity index (χ1) is 10.2. The van der Waals surface area contributed by atoms with Gasteiger partial charge in [-0.25, -0.2) is 4.98 Å². The van der Waals surface area contributed by atoms with Gasteiger partial charge in [0.1, 0.15) is 4.92 Å². The van der Waals surface area contributed by atoms with Gasteiger partial charge in [-0.15, -0.1) is 11.3 Å². The van der Waals surface area contributed by atoms with E-state index in [2.05, 4.69) is 4.98 Å². The van der Waals surface area contributed by atoms with Gasteiger partial charge in [0.2, 0.25) is 0 Å². The van der Waals surface area contributed by atoms with Gasteiger partial charge >= 0.3 is 5.88 Å². The molecule has 0 atom stereocenters. The van der Waals surface area contributed by atoms with Crippen LogP contribution < -0.4 is 0 Å². The maximum Gasteiger partial charge on any atom is 0.433 e. The Hall–Kier alpha value is -2.73. The van der Waals surface area contributed by atoms with E-state index in [4.69, 9.17) is 4.42 Å². The zero-order chi connectivity index (χ0) is 14.4. The minimum atomic E-state index is -0.549. The van der Waals surface area contributed by atoms with E-state index in [9.17, 15) is 10.1 Å². The fourth-order valence-electron chi connectivity index (χ4n) is 2.31. The van der Waals surface area contributed by atoms with Crippen molar-refractivity contribution in [2.75, 3.05) is 0 Å². The van der Waals surface area contributed by atoms with Crippen molar-refractivity contribution in [1.29, 1.82) is 0 Å². The van der Waals surface area contributed by atoms with Gasteiger partial charge in [-0.05, 0) is 17.5 Å². The van der Waals surface area contributed by atoms with Crippen LogP contribution in [0.5, 0.6) is 0 Å². The highest BCUT2D eigenvalue weighted by Gasteiger charge is 2.16. The fraction of sp³-hybridized carbons (Fsp3) is 0. The molecule has 0 aliphatic rings. The predicted molar refractivity (Wildman–Crippen MR) is 81.5 cm³/mol. The van der Waals surface area contributed by atoms with Gasteiger partial charge in [-0.1, -0.05) is 30.3 Å².